The van der Waals surface area contributed by atoms with Gasteiger partial charge in [-0.3, -0.25) is 4.79 Å². The Morgan fingerprint density at radius 1 is 1.64 bits per heavy atom. The fourth-order valence-electron chi connectivity index (χ4n) is 0.749. The normalized spacial score (nSPS) is 11.4. The summed E-state index contributed by atoms with van der Waals surface area (Å²) in [5.41, 5.74) is 4.88. The maximum absolute atomic E-state index is 11.5. The first-order chi connectivity index (χ1) is 6.56. The molecule has 78 valence electrons. The summed E-state index contributed by atoms with van der Waals surface area (Å²) < 4.78 is 0. The summed E-state index contributed by atoms with van der Waals surface area (Å²) in [7, 11) is 0. The summed E-state index contributed by atoms with van der Waals surface area (Å²) in [6, 6.07) is 0. The van der Waals surface area contributed by atoms with E-state index in [0.29, 0.717) is 12.4 Å². The standard InChI is InChI=1S/C7H14N6O/c1-7(2,4-8)6(14)9-3-5-10-12-13-11-5/h3-4,8H2,1-2H3,(H,9,14)(H,10,11,12,13). The summed E-state index contributed by atoms with van der Waals surface area (Å²) >= 11 is 0. The number of nitrogens with two attached hydrogens (primary N) is 1. The van der Waals surface area contributed by atoms with Gasteiger partial charge in [-0.25, -0.2) is 0 Å². The van der Waals surface area contributed by atoms with Gasteiger partial charge in [0.25, 0.3) is 0 Å². The number of hydrogen-bond donors (Lipinski definition) is 3. The van der Waals surface area contributed by atoms with Gasteiger partial charge in [0, 0.05) is 6.54 Å². The molecule has 14 heavy (non-hydrogen) atoms. The van der Waals surface area contributed by atoms with E-state index in [1.807, 2.05) is 0 Å². The van der Waals surface area contributed by atoms with Crippen molar-refractivity contribution < 1.29 is 4.79 Å². The molecule has 0 unspecified atom stereocenters. The van der Waals surface area contributed by atoms with Crippen LogP contribution in [0.15, 0.2) is 0 Å². The molecule has 7 nitrogen and oxygen atoms in total. The lowest BCUT2D eigenvalue weighted by Gasteiger charge is -2.20. The molecule has 0 fully saturated rings. The van der Waals surface area contributed by atoms with Gasteiger partial charge in [-0.1, -0.05) is 5.21 Å². The Labute approximate surface area is 81.4 Å². The molecule has 1 heterocycles. The summed E-state index contributed by atoms with van der Waals surface area (Å²) in [6.07, 6.45) is 0. The van der Waals surface area contributed by atoms with Crippen molar-refractivity contribution in [3.8, 4) is 0 Å². The molecule has 0 spiro atoms. The van der Waals surface area contributed by atoms with Crippen molar-refractivity contribution in [3.63, 3.8) is 0 Å². The molecular formula is C7H14N6O. The Morgan fingerprint density at radius 2 is 2.36 bits per heavy atom. The summed E-state index contributed by atoms with van der Waals surface area (Å²) in [4.78, 5) is 11.5. The summed E-state index contributed by atoms with van der Waals surface area (Å²) in [6.45, 7) is 4.11. The molecule has 0 aliphatic heterocycles. The Hall–Kier alpha value is -1.50. The zero-order chi connectivity index (χ0) is 10.6. The van der Waals surface area contributed by atoms with E-state index >= 15 is 0 Å². The quantitative estimate of drug-likeness (QED) is 0.563. The van der Waals surface area contributed by atoms with Gasteiger partial charge in [-0.05, 0) is 13.8 Å². The molecule has 1 aromatic rings. The van der Waals surface area contributed by atoms with Crippen LogP contribution in [0.5, 0.6) is 0 Å². The number of carbonyl (C=O) groups excluding carboxylic acids is 1. The topological polar surface area (TPSA) is 110 Å². The van der Waals surface area contributed by atoms with Gasteiger partial charge in [-0.15, -0.1) is 10.2 Å². The van der Waals surface area contributed by atoms with Crippen LogP contribution < -0.4 is 11.1 Å². The maximum Gasteiger partial charge on any atom is 0.227 e. The zero-order valence-electron chi connectivity index (χ0n) is 8.24. The Bertz CT molecular complexity index is 293. The minimum Gasteiger partial charge on any atom is -0.348 e. The van der Waals surface area contributed by atoms with Gasteiger partial charge in [0.15, 0.2) is 5.82 Å². The van der Waals surface area contributed by atoms with Crippen LogP contribution in [0.2, 0.25) is 0 Å². The highest BCUT2D eigenvalue weighted by Gasteiger charge is 2.25. The predicted molar refractivity (Wildman–Crippen MR) is 48.9 cm³/mol. The molecule has 1 rings (SSSR count). The van der Waals surface area contributed by atoms with Crippen LogP contribution in [-0.4, -0.2) is 33.1 Å². The minimum absolute atomic E-state index is 0.121. The second-order valence-electron chi connectivity index (χ2n) is 3.60. The Balaban J connectivity index is 2.43. The minimum atomic E-state index is -0.566. The average Bonchev–Trinajstić information content (AvgIpc) is 2.66. The van der Waals surface area contributed by atoms with Gasteiger partial charge in [0.2, 0.25) is 5.91 Å². The number of tetrazole rings is 1. The van der Waals surface area contributed by atoms with Gasteiger partial charge < -0.3 is 11.1 Å². The molecular weight excluding hydrogens is 184 g/mol. The van der Waals surface area contributed by atoms with Crippen LogP contribution >= 0.6 is 0 Å². The fraction of sp³-hybridized carbons (Fsp3) is 0.714. The number of aromatic nitrogens is 4. The van der Waals surface area contributed by atoms with Crippen LogP contribution in [0.3, 0.4) is 0 Å². The van der Waals surface area contributed by atoms with E-state index in [1.54, 1.807) is 13.8 Å². The third-order valence-electron chi connectivity index (χ3n) is 1.92. The van der Waals surface area contributed by atoms with Crippen molar-refractivity contribution in [1.82, 2.24) is 25.9 Å². The van der Waals surface area contributed by atoms with Crippen LogP contribution in [-0.2, 0) is 11.3 Å². The van der Waals surface area contributed by atoms with Crippen LogP contribution in [0.4, 0.5) is 0 Å². The van der Waals surface area contributed by atoms with Gasteiger partial charge in [0.1, 0.15) is 0 Å². The van der Waals surface area contributed by atoms with E-state index in [0.717, 1.165) is 0 Å². The number of nitrogens with zero attached hydrogens (tertiary/aromatic N) is 3. The average molecular weight is 198 g/mol. The molecule has 1 amide bonds. The van der Waals surface area contributed by atoms with Crippen molar-refractivity contribution in [2.24, 2.45) is 11.1 Å². The number of amides is 1. The molecule has 0 saturated heterocycles. The highest BCUT2D eigenvalue weighted by Crippen LogP contribution is 2.11. The predicted octanol–water partition coefficient (Wildman–Crippen LogP) is -1.20. The van der Waals surface area contributed by atoms with Crippen molar-refractivity contribution in [2.45, 2.75) is 20.4 Å². The van der Waals surface area contributed by atoms with Crippen LogP contribution in [0.1, 0.15) is 19.7 Å². The Kier molecular flexibility index (Phi) is 3.13. The summed E-state index contributed by atoms with van der Waals surface area (Å²) in [5.74, 6) is 0.330. The number of carbonyl (C=O) groups is 1. The Morgan fingerprint density at radius 3 is 2.86 bits per heavy atom. The lowest BCUT2D eigenvalue weighted by atomic mass is 9.93. The SMILES string of the molecule is CC(C)(CN)C(=O)NCc1nn[nH]n1. The molecule has 1 aromatic heterocycles. The van der Waals surface area contributed by atoms with Crippen LogP contribution in [0.25, 0.3) is 0 Å². The van der Waals surface area contributed by atoms with Crippen molar-refractivity contribution in [1.29, 1.82) is 0 Å². The summed E-state index contributed by atoms with van der Waals surface area (Å²) in [5, 5.41) is 15.7. The van der Waals surface area contributed by atoms with E-state index in [9.17, 15) is 4.79 Å². The second kappa shape index (κ2) is 4.14. The monoisotopic (exact) mass is 198 g/mol. The highest BCUT2D eigenvalue weighted by atomic mass is 16.2. The lowest BCUT2D eigenvalue weighted by Crippen LogP contribution is -2.41. The number of rotatable bonds is 4. The van der Waals surface area contributed by atoms with E-state index in [-0.39, 0.29) is 12.5 Å². The molecule has 0 radical (unpaired) electrons. The number of aromatic amines is 1. The third kappa shape index (κ3) is 2.49. The van der Waals surface area contributed by atoms with Gasteiger partial charge in [-0.2, -0.15) is 5.21 Å². The number of hydrogen-bond acceptors (Lipinski definition) is 5. The van der Waals surface area contributed by atoms with Crippen molar-refractivity contribution in [2.75, 3.05) is 6.54 Å². The molecule has 0 atom stereocenters. The molecule has 7 heteroatoms. The van der Waals surface area contributed by atoms with E-state index in [2.05, 4.69) is 25.9 Å². The second-order valence-corrected chi connectivity index (χ2v) is 3.60. The highest BCUT2D eigenvalue weighted by molar-refractivity contribution is 5.81. The molecule has 4 N–H and O–H groups in total. The first kappa shape index (κ1) is 10.6. The molecule has 0 saturated carbocycles. The lowest BCUT2D eigenvalue weighted by molar-refractivity contribution is -0.129. The smallest absolute Gasteiger partial charge is 0.227 e. The largest absolute Gasteiger partial charge is 0.348 e. The maximum atomic E-state index is 11.5. The van der Waals surface area contributed by atoms with E-state index < -0.39 is 5.41 Å². The van der Waals surface area contributed by atoms with Crippen molar-refractivity contribution >= 4 is 5.91 Å². The number of nitrogens with one attached hydrogen (secondary N) is 2. The van der Waals surface area contributed by atoms with E-state index in [1.165, 1.54) is 0 Å². The fourth-order valence-corrected chi connectivity index (χ4v) is 0.749. The molecule has 0 bridgehead atoms. The number of H-pyrrole nitrogens is 1. The first-order valence-electron chi connectivity index (χ1n) is 4.27. The van der Waals surface area contributed by atoms with Crippen molar-refractivity contribution in [3.05, 3.63) is 5.82 Å². The van der Waals surface area contributed by atoms with Crippen LogP contribution in [0, 0.1) is 5.41 Å². The van der Waals surface area contributed by atoms with E-state index in [4.69, 9.17) is 5.73 Å². The third-order valence-corrected chi connectivity index (χ3v) is 1.92. The molecule has 0 aliphatic carbocycles. The molecule has 0 aromatic carbocycles. The van der Waals surface area contributed by atoms with Gasteiger partial charge >= 0.3 is 0 Å². The molecule has 0 aliphatic rings. The zero-order valence-corrected chi connectivity index (χ0v) is 8.24. The van der Waals surface area contributed by atoms with Gasteiger partial charge in [0.05, 0.1) is 12.0 Å². The first-order valence-corrected chi connectivity index (χ1v) is 4.27.